The maximum atomic E-state index is 2.43. The number of hydrogen-bond donors (Lipinski definition) is 0. The van der Waals surface area contributed by atoms with Gasteiger partial charge in [-0.2, -0.15) is 0 Å². The average molecular weight is 802 g/mol. The SMILES string of the molecule is c1ccc(-c2cccc(-c3ccc(N(c4ccc(-c5cccc(-c6ccccc6)c5)cc4)c4cc(-c5ccc6ccccc6c5)ccc4-c4ccc5ccccc5c4)cc3)c2)cc1. The molecule has 0 aliphatic heterocycles. The van der Waals surface area contributed by atoms with Crippen molar-refractivity contribution in [1.82, 2.24) is 0 Å². The maximum Gasteiger partial charge on any atom is 0.0546 e. The van der Waals surface area contributed by atoms with Crippen LogP contribution < -0.4 is 4.90 Å². The van der Waals surface area contributed by atoms with Crippen LogP contribution in [-0.2, 0) is 0 Å². The fourth-order valence-corrected chi connectivity index (χ4v) is 8.92. The summed E-state index contributed by atoms with van der Waals surface area (Å²) in [5.74, 6) is 0. The molecule has 0 unspecified atom stereocenters. The van der Waals surface area contributed by atoms with Crippen molar-refractivity contribution in [2.75, 3.05) is 4.90 Å². The third-order valence-corrected chi connectivity index (χ3v) is 12.2. The molecule has 0 aliphatic carbocycles. The van der Waals surface area contributed by atoms with E-state index in [2.05, 4.69) is 266 Å². The van der Waals surface area contributed by atoms with E-state index in [4.69, 9.17) is 0 Å². The van der Waals surface area contributed by atoms with E-state index in [9.17, 15) is 0 Å². The van der Waals surface area contributed by atoms with Crippen molar-refractivity contribution < 1.29 is 0 Å². The minimum absolute atomic E-state index is 1.08. The summed E-state index contributed by atoms with van der Waals surface area (Å²) in [6.45, 7) is 0. The smallest absolute Gasteiger partial charge is 0.0546 e. The van der Waals surface area contributed by atoms with Gasteiger partial charge in [-0.05, 0) is 137 Å². The Morgan fingerprint density at radius 2 is 0.524 bits per heavy atom. The molecule has 11 aromatic carbocycles. The number of hydrogen-bond acceptors (Lipinski definition) is 1. The maximum absolute atomic E-state index is 2.43. The Balaban J connectivity index is 1.07. The topological polar surface area (TPSA) is 3.24 Å². The standard InChI is InChI=1S/C62H43N/c1-3-13-44(14-4-1)52-21-11-23-54(39-52)48-29-34-59(35-30-48)63(60-36-31-49(32-37-60)55-24-12-22-53(40-55)45-15-5-2-6-16-45)62-43-57(56-27-25-46-17-7-9-19-50(46)41-56)33-38-61(62)58-28-26-47-18-8-10-20-51(47)42-58/h1-43H. The Morgan fingerprint density at radius 1 is 0.190 bits per heavy atom. The van der Waals surface area contributed by atoms with Crippen molar-refractivity contribution in [3.8, 4) is 66.8 Å². The molecule has 0 fully saturated rings. The molecule has 0 saturated carbocycles. The summed E-state index contributed by atoms with van der Waals surface area (Å²) >= 11 is 0. The van der Waals surface area contributed by atoms with Gasteiger partial charge in [0.1, 0.15) is 0 Å². The van der Waals surface area contributed by atoms with Gasteiger partial charge in [-0.3, -0.25) is 0 Å². The van der Waals surface area contributed by atoms with E-state index in [1.165, 1.54) is 77.2 Å². The second-order valence-corrected chi connectivity index (χ2v) is 16.2. The van der Waals surface area contributed by atoms with E-state index >= 15 is 0 Å². The fraction of sp³-hybridized carbons (Fsp3) is 0. The summed E-state index contributed by atoms with van der Waals surface area (Å²) in [6, 6.07) is 94.8. The number of anilines is 3. The highest BCUT2D eigenvalue weighted by Crippen LogP contribution is 2.45. The molecule has 0 amide bonds. The van der Waals surface area contributed by atoms with Crippen molar-refractivity contribution in [3.05, 3.63) is 261 Å². The highest BCUT2D eigenvalue weighted by molar-refractivity contribution is 5.96. The van der Waals surface area contributed by atoms with Gasteiger partial charge < -0.3 is 4.90 Å². The molecule has 11 rings (SSSR count). The highest BCUT2D eigenvalue weighted by atomic mass is 15.1. The van der Waals surface area contributed by atoms with Gasteiger partial charge in [0, 0.05) is 16.9 Å². The van der Waals surface area contributed by atoms with Crippen LogP contribution in [0.15, 0.2) is 261 Å². The van der Waals surface area contributed by atoms with Crippen LogP contribution in [0.2, 0.25) is 0 Å². The van der Waals surface area contributed by atoms with Crippen molar-refractivity contribution in [2.45, 2.75) is 0 Å². The quantitative estimate of drug-likeness (QED) is 0.141. The van der Waals surface area contributed by atoms with Crippen LogP contribution in [0.4, 0.5) is 17.1 Å². The Hall–Kier alpha value is -8.26. The molecule has 296 valence electrons. The van der Waals surface area contributed by atoms with Crippen molar-refractivity contribution in [1.29, 1.82) is 0 Å². The first-order chi connectivity index (χ1) is 31.2. The molecule has 0 heterocycles. The normalized spacial score (nSPS) is 11.2. The summed E-state index contributed by atoms with van der Waals surface area (Å²) in [4.78, 5) is 2.43. The monoisotopic (exact) mass is 801 g/mol. The van der Waals surface area contributed by atoms with Crippen molar-refractivity contribution in [3.63, 3.8) is 0 Å². The van der Waals surface area contributed by atoms with Gasteiger partial charge in [-0.15, -0.1) is 0 Å². The molecule has 0 radical (unpaired) electrons. The van der Waals surface area contributed by atoms with Crippen LogP contribution in [0.3, 0.4) is 0 Å². The van der Waals surface area contributed by atoms with Crippen LogP contribution in [0.5, 0.6) is 0 Å². The molecule has 0 bridgehead atoms. The lowest BCUT2D eigenvalue weighted by molar-refractivity contribution is 1.28. The number of nitrogens with zero attached hydrogens (tertiary/aromatic N) is 1. The molecule has 1 heteroatoms. The molecule has 0 aliphatic rings. The molecular formula is C62H43N. The van der Waals surface area contributed by atoms with Gasteiger partial charge in [0.25, 0.3) is 0 Å². The third-order valence-electron chi connectivity index (χ3n) is 12.2. The van der Waals surface area contributed by atoms with E-state index in [-0.39, 0.29) is 0 Å². The second kappa shape index (κ2) is 16.7. The molecule has 63 heavy (non-hydrogen) atoms. The number of rotatable bonds is 9. The average Bonchev–Trinajstić information content (AvgIpc) is 3.37. The van der Waals surface area contributed by atoms with Gasteiger partial charge in [0.05, 0.1) is 5.69 Å². The summed E-state index contributed by atoms with van der Waals surface area (Å²) in [6.07, 6.45) is 0. The zero-order valence-electron chi connectivity index (χ0n) is 34.8. The number of benzene rings is 11. The van der Waals surface area contributed by atoms with E-state index in [1.54, 1.807) is 0 Å². The summed E-state index contributed by atoms with van der Waals surface area (Å²) in [5, 5.41) is 4.91. The van der Waals surface area contributed by atoms with Crippen LogP contribution >= 0.6 is 0 Å². The Morgan fingerprint density at radius 3 is 1.02 bits per heavy atom. The van der Waals surface area contributed by atoms with Crippen LogP contribution in [0, 0.1) is 0 Å². The zero-order valence-corrected chi connectivity index (χ0v) is 34.8. The van der Waals surface area contributed by atoms with Crippen LogP contribution in [0.25, 0.3) is 88.3 Å². The van der Waals surface area contributed by atoms with E-state index in [1.807, 2.05) is 0 Å². The van der Waals surface area contributed by atoms with E-state index < -0.39 is 0 Å². The molecule has 0 atom stereocenters. The first-order valence-electron chi connectivity index (χ1n) is 21.6. The van der Waals surface area contributed by atoms with E-state index in [0.717, 1.165) is 28.2 Å². The van der Waals surface area contributed by atoms with Crippen molar-refractivity contribution in [2.24, 2.45) is 0 Å². The molecule has 0 N–H and O–H groups in total. The molecule has 0 aromatic heterocycles. The molecular weight excluding hydrogens is 759 g/mol. The fourth-order valence-electron chi connectivity index (χ4n) is 8.92. The lowest BCUT2D eigenvalue weighted by Crippen LogP contribution is -2.11. The lowest BCUT2D eigenvalue weighted by Gasteiger charge is -2.29. The summed E-state index contributed by atoms with van der Waals surface area (Å²) in [5.41, 5.74) is 17.5. The van der Waals surface area contributed by atoms with Gasteiger partial charge in [-0.25, -0.2) is 0 Å². The Bertz CT molecular complexity index is 3240. The largest absolute Gasteiger partial charge is 0.310 e. The predicted octanol–water partition coefficient (Wildman–Crippen LogP) is 17.5. The predicted molar refractivity (Wildman–Crippen MR) is 269 cm³/mol. The third kappa shape index (κ3) is 7.69. The van der Waals surface area contributed by atoms with Gasteiger partial charge in [0.2, 0.25) is 0 Å². The minimum Gasteiger partial charge on any atom is -0.310 e. The summed E-state index contributed by atoms with van der Waals surface area (Å²) in [7, 11) is 0. The summed E-state index contributed by atoms with van der Waals surface area (Å²) < 4.78 is 0. The van der Waals surface area contributed by atoms with Crippen LogP contribution in [0.1, 0.15) is 0 Å². The van der Waals surface area contributed by atoms with Gasteiger partial charge in [-0.1, -0.05) is 206 Å². The molecule has 11 aromatic rings. The molecule has 0 spiro atoms. The minimum atomic E-state index is 1.08. The Kier molecular flexibility index (Phi) is 9.97. The second-order valence-electron chi connectivity index (χ2n) is 16.2. The first kappa shape index (κ1) is 37.7. The number of fused-ring (bicyclic) bond motifs is 2. The van der Waals surface area contributed by atoms with E-state index in [0.29, 0.717) is 0 Å². The molecule has 1 nitrogen and oxygen atoms in total. The van der Waals surface area contributed by atoms with Gasteiger partial charge in [0.15, 0.2) is 0 Å². The van der Waals surface area contributed by atoms with Gasteiger partial charge >= 0.3 is 0 Å². The zero-order chi connectivity index (χ0) is 42.0. The van der Waals surface area contributed by atoms with Crippen molar-refractivity contribution >= 4 is 38.6 Å². The first-order valence-corrected chi connectivity index (χ1v) is 21.6. The Labute approximate surface area is 369 Å². The van der Waals surface area contributed by atoms with Crippen LogP contribution in [-0.4, -0.2) is 0 Å². The lowest BCUT2D eigenvalue weighted by atomic mass is 9.94. The highest BCUT2D eigenvalue weighted by Gasteiger charge is 2.20. The molecule has 0 saturated heterocycles.